The fraction of sp³-hybridized carbons (Fsp3) is 0.333. The zero-order chi connectivity index (χ0) is 14.5. The van der Waals surface area contributed by atoms with Crippen molar-refractivity contribution < 1.29 is 9.53 Å². The maximum Gasteiger partial charge on any atom is 0.339 e. The summed E-state index contributed by atoms with van der Waals surface area (Å²) in [5, 5.41) is 0. The number of carbonyl (C=O) groups is 1. The zero-order valence-corrected chi connectivity index (χ0v) is 14.2. The van der Waals surface area contributed by atoms with Crippen LogP contribution in [-0.2, 0) is 11.2 Å². The smallest absolute Gasteiger partial charge is 0.339 e. The molecule has 2 rings (SSSR count). The van der Waals surface area contributed by atoms with E-state index in [0.717, 1.165) is 17.0 Å². The van der Waals surface area contributed by atoms with Crippen molar-refractivity contribution in [1.82, 2.24) is 9.97 Å². The molecule has 0 spiro atoms. The Hall–Kier alpha value is -1.56. The standard InChI is InChI=1S/C15H19N3O2.2ClH/c1-3-20-15(19)12-9-13(11-4-6-17-7-5-11)18-14(12)8-10(2)16;;/h4-7,9-10,18H,3,8,16H2,1-2H3;2*1H/t10-;;/m0../s1. The highest BCUT2D eigenvalue weighted by atomic mass is 35.5. The molecule has 0 radical (unpaired) electrons. The molecule has 2 aromatic rings. The van der Waals surface area contributed by atoms with Gasteiger partial charge in [0, 0.05) is 41.8 Å². The number of esters is 1. The van der Waals surface area contributed by atoms with E-state index in [1.807, 2.05) is 25.1 Å². The van der Waals surface area contributed by atoms with Crippen molar-refractivity contribution in [3.05, 3.63) is 41.9 Å². The third-order valence-electron chi connectivity index (χ3n) is 2.91. The molecule has 0 aliphatic carbocycles. The SMILES string of the molecule is CCOC(=O)c1cc(-c2ccncc2)[nH]c1C[C@H](C)N.Cl.Cl. The molecule has 7 heteroatoms. The van der Waals surface area contributed by atoms with E-state index in [0.29, 0.717) is 18.6 Å². The average molecular weight is 346 g/mol. The van der Waals surface area contributed by atoms with E-state index in [9.17, 15) is 4.79 Å². The summed E-state index contributed by atoms with van der Waals surface area (Å²) in [5.41, 5.74) is 9.04. The minimum absolute atomic E-state index is 0. The Morgan fingerprint density at radius 3 is 2.55 bits per heavy atom. The van der Waals surface area contributed by atoms with Crippen molar-refractivity contribution in [3.8, 4) is 11.3 Å². The molecule has 0 aliphatic heterocycles. The second-order valence-corrected chi connectivity index (χ2v) is 4.71. The number of aromatic nitrogens is 2. The lowest BCUT2D eigenvalue weighted by Crippen LogP contribution is -2.20. The van der Waals surface area contributed by atoms with E-state index in [1.165, 1.54) is 0 Å². The largest absolute Gasteiger partial charge is 0.462 e. The molecule has 0 aliphatic rings. The van der Waals surface area contributed by atoms with Gasteiger partial charge in [-0.2, -0.15) is 0 Å². The molecule has 0 bridgehead atoms. The average Bonchev–Trinajstić information content (AvgIpc) is 2.83. The van der Waals surface area contributed by atoms with Gasteiger partial charge in [-0.1, -0.05) is 0 Å². The van der Waals surface area contributed by atoms with E-state index >= 15 is 0 Å². The molecular weight excluding hydrogens is 325 g/mol. The van der Waals surface area contributed by atoms with Crippen LogP contribution in [0.5, 0.6) is 0 Å². The molecule has 2 heterocycles. The van der Waals surface area contributed by atoms with Gasteiger partial charge in [0.1, 0.15) is 0 Å². The molecule has 122 valence electrons. The molecule has 0 aromatic carbocycles. The topological polar surface area (TPSA) is 81.0 Å². The maximum atomic E-state index is 12.0. The fourth-order valence-electron chi connectivity index (χ4n) is 2.06. The highest BCUT2D eigenvalue weighted by Gasteiger charge is 2.18. The fourth-order valence-corrected chi connectivity index (χ4v) is 2.06. The molecule has 0 unspecified atom stereocenters. The van der Waals surface area contributed by atoms with E-state index in [1.54, 1.807) is 19.3 Å². The first-order chi connectivity index (χ1) is 9.61. The number of H-pyrrole nitrogens is 1. The van der Waals surface area contributed by atoms with Gasteiger partial charge in [0.15, 0.2) is 0 Å². The van der Waals surface area contributed by atoms with Crippen LogP contribution in [0, 0.1) is 0 Å². The van der Waals surface area contributed by atoms with Crippen LogP contribution in [0.25, 0.3) is 11.3 Å². The van der Waals surface area contributed by atoms with Crippen molar-refractivity contribution in [2.24, 2.45) is 5.73 Å². The van der Waals surface area contributed by atoms with Crippen molar-refractivity contribution in [1.29, 1.82) is 0 Å². The summed E-state index contributed by atoms with van der Waals surface area (Å²) in [5.74, 6) is -0.320. The van der Waals surface area contributed by atoms with Gasteiger partial charge in [-0.05, 0) is 32.0 Å². The maximum absolute atomic E-state index is 12.0. The summed E-state index contributed by atoms with van der Waals surface area (Å²) in [6, 6.07) is 5.55. The Balaban J connectivity index is 0.00000220. The lowest BCUT2D eigenvalue weighted by atomic mass is 10.1. The number of nitrogens with two attached hydrogens (primary N) is 1. The minimum Gasteiger partial charge on any atom is -0.462 e. The van der Waals surface area contributed by atoms with Gasteiger partial charge < -0.3 is 15.5 Å². The van der Waals surface area contributed by atoms with Crippen molar-refractivity contribution in [2.75, 3.05) is 6.61 Å². The number of ether oxygens (including phenoxy) is 1. The van der Waals surface area contributed by atoms with Crippen LogP contribution < -0.4 is 5.73 Å². The number of halogens is 2. The molecule has 22 heavy (non-hydrogen) atoms. The summed E-state index contributed by atoms with van der Waals surface area (Å²) >= 11 is 0. The van der Waals surface area contributed by atoms with E-state index in [4.69, 9.17) is 10.5 Å². The number of nitrogens with one attached hydrogen (secondary N) is 1. The molecule has 2 aromatic heterocycles. The van der Waals surface area contributed by atoms with Crippen LogP contribution in [0.15, 0.2) is 30.6 Å². The normalized spacial score (nSPS) is 11.0. The van der Waals surface area contributed by atoms with Crippen LogP contribution in [0.4, 0.5) is 0 Å². The number of hydrogen-bond donors (Lipinski definition) is 2. The van der Waals surface area contributed by atoms with Gasteiger partial charge in [0.2, 0.25) is 0 Å². The second kappa shape index (κ2) is 9.46. The first-order valence-electron chi connectivity index (χ1n) is 6.66. The molecule has 5 nitrogen and oxygen atoms in total. The molecule has 3 N–H and O–H groups in total. The third kappa shape index (κ3) is 5.02. The summed E-state index contributed by atoms with van der Waals surface area (Å²) in [7, 11) is 0. The monoisotopic (exact) mass is 345 g/mol. The second-order valence-electron chi connectivity index (χ2n) is 4.71. The Labute approximate surface area is 142 Å². The first-order valence-corrected chi connectivity index (χ1v) is 6.66. The molecule has 0 saturated carbocycles. The predicted octanol–water partition coefficient (Wildman–Crippen LogP) is 2.99. The summed E-state index contributed by atoms with van der Waals surface area (Å²) < 4.78 is 5.09. The molecule has 0 fully saturated rings. The lowest BCUT2D eigenvalue weighted by molar-refractivity contribution is 0.0525. The summed E-state index contributed by atoms with van der Waals surface area (Å²) in [4.78, 5) is 19.2. The number of aromatic amines is 1. The molecule has 0 amide bonds. The molecule has 0 saturated heterocycles. The van der Waals surface area contributed by atoms with Gasteiger partial charge in [-0.25, -0.2) is 4.79 Å². The highest BCUT2D eigenvalue weighted by molar-refractivity contribution is 5.92. The van der Waals surface area contributed by atoms with Crippen LogP contribution >= 0.6 is 24.8 Å². The third-order valence-corrected chi connectivity index (χ3v) is 2.91. The van der Waals surface area contributed by atoms with Crippen LogP contribution in [-0.4, -0.2) is 28.6 Å². The van der Waals surface area contributed by atoms with E-state index in [2.05, 4.69) is 9.97 Å². The number of hydrogen-bond acceptors (Lipinski definition) is 4. The highest BCUT2D eigenvalue weighted by Crippen LogP contribution is 2.23. The molecule has 1 atom stereocenters. The van der Waals surface area contributed by atoms with Gasteiger partial charge in [-0.3, -0.25) is 4.98 Å². The van der Waals surface area contributed by atoms with Crippen molar-refractivity contribution >= 4 is 30.8 Å². The van der Waals surface area contributed by atoms with Gasteiger partial charge in [-0.15, -0.1) is 24.8 Å². The van der Waals surface area contributed by atoms with Crippen LogP contribution in [0.1, 0.15) is 29.9 Å². The quantitative estimate of drug-likeness (QED) is 0.816. The Kier molecular flexibility index (Phi) is 8.79. The number of rotatable bonds is 5. The summed E-state index contributed by atoms with van der Waals surface area (Å²) in [6.07, 6.45) is 4.02. The van der Waals surface area contributed by atoms with Crippen molar-refractivity contribution in [3.63, 3.8) is 0 Å². The van der Waals surface area contributed by atoms with Crippen LogP contribution in [0.2, 0.25) is 0 Å². The van der Waals surface area contributed by atoms with E-state index < -0.39 is 0 Å². The summed E-state index contributed by atoms with van der Waals surface area (Å²) in [6.45, 7) is 4.05. The minimum atomic E-state index is -0.320. The van der Waals surface area contributed by atoms with Crippen LogP contribution in [0.3, 0.4) is 0 Å². The Bertz CT molecular complexity index is 586. The zero-order valence-electron chi connectivity index (χ0n) is 12.5. The van der Waals surface area contributed by atoms with Gasteiger partial charge in [0.25, 0.3) is 0 Å². The van der Waals surface area contributed by atoms with E-state index in [-0.39, 0.29) is 36.8 Å². The number of carbonyl (C=O) groups excluding carboxylic acids is 1. The Morgan fingerprint density at radius 1 is 1.36 bits per heavy atom. The first kappa shape index (κ1) is 20.4. The predicted molar refractivity (Wildman–Crippen MR) is 91.8 cm³/mol. The lowest BCUT2D eigenvalue weighted by Gasteiger charge is -2.06. The van der Waals surface area contributed by atoms with Gasteiger partial charge >= 0.3 is 5.97 Å². The van der Waals surface area contributed by atoms with Gasteiger partial charge in [0.05, 0.1) is 12.2 Å². The molecular formula is C15H21Cl2N3O2. The number of pyridine rings is 1. The Morgan fingerprint density at radius 2 is 2.00 bits per heavy atom. The number of nitrogens with zero attached hydrogens (tertiary/aromatic N) is 1. The van der Waals surface area contributed by atoms with Crippen molar-refractivity contribution in [2.45, 2.75) is 26.3 Å².